The van der Waals surface area contributed by atoms with Gasteiger partial charge >= 0.3 is 5.97 Å². The van der Waals surface area contributed by atoms with Crippen molar-refractivity contribution in [2.45, 2.75) is 13.8 Å². The molecule has 2 aromatic heterocycles. The van der Waals surface area contributed by atoms with E-state index < -0.39 is 5.97 Å². The number of rotatable bonds is 4. The summed E-state index contributed by atoms with van der Waals surface area (Å²) in [6.07, 6.45) is 1.80. The fourth-order valence-corrected chi connectivity index (χ4v) is 3.75. The lowest BCUT2D eigenvalue weighted by atomic mass is 10.0. The molecule has 0 aliphatic rings. The summed E-state index contributed by atoms with van der Waals surface area (Å²) in [5, 5.41) is 11.8. The number of nitrogens with one attached hydrogen (secondary N) is 1. The molecule has 0 spiro atoms. The smallest absolute Gasteiger partial charge is 0.339 e. The number of aryl methyl sites for hydroxylation is 1. The van der Waals surface area contributed by atoms with Gasteiger partial charge in [-0.1, -0.05) is 18.2 Å². The molecular formula is C25H20N4O3. The fourth-order valence-electron chi connectivity index (χ4n) is 3.75. The zero-order valence-electron chi connectivity index (χ0n) is 17.8. The molecule has 32 heavy (non-hydrogen) atoms. The van der Waals surface area contributed by atoms with E-state index in [9.17, 15) is 9.59 Å². The highest BCUT2D eigenvalue weighted by atomic mass is 16.5. The zero-order valence-corrected chi connectivity index (χ0v) is 17.8. The van der Waals surface area contributed by atoms with Crippen molar-refractivity contribution in [2.75, 3.05) is 12.4 Å². The molecule has 0 aliphatic heterocycles. The number of nitriles is 1. The summed E-state index contributed by atoms with van der Waals surface area (Å²) in [4.78, 5) is 28.3. The second-order valence-electron chi connectivity index (χ2n) is 7.29. The van der Waals surface area contributed by atoms with E-state index >= 15 is 0 Å². The number of hydrogen-bond donors (Lipinski definition) is 1. The number of hydrogen-bond acceptors (Lipinski definition) is 5. The molecule has 0 unspecified atom stereocenters. The molecule has 2 heterocycles. The SMILES string of the molecule is COC(=O)c1ccc(-c2ccc3ncc(-c4ccc(C#N)cc4)n3c2C)cc1NC(C)=O. The van der Waals surface area contributed by atoms with E-state index in [1.807, 2.05) is 41.7 Å². The van der Waals surface area contributed by atoms with E-state index in [1.165, 1.54) is 14.0 Å². The number of imidazole rings is 1. The standard InChI is InChI=1S/C25H20N4O3/c1-15-20(19-8-9-21(25(31)32-3)22(12-19)28-16(2)30)10-11-24-27-14-23(29(15)24)18-6-4-17(13-26)5-7-18/h4-12,14H,1-3H3,(H,28,30). The van der Waals surface area contributed by atoms with Gasteiger partial charge < -0.3 is 10.1 Å². The molecule has 0 bridgehead atoms. The first-order chi connectivity index (χ1) is 15.4. The van der Waals surface area contributed by atoms with E-state index in [0.717, 1.165) is 33.7 Å². The van der Waals surface area contributed by atoms with Crippen molar-refractivity contribution in [3.63, 3.8) is 0 Å². The number of aromatic nitrogens is 2. The van der Waals surface area contributed by atoms with Crippen LogP contribution in [-0.4, -0.2) is 28.4 Å². The molecule has 0 fully saturated rings. The van der Waals surface area contributed by atoms with E-state index in [1.54, 1.807) is 30.5 Å². The van der Waals surface area contributed by atoms with Crippen molar-refractivity contribution in [1.29, 1.82) is 5.26 Å². The van der Waals surface area contributed by atoms with Crippen LogP contribution in [0, 0.1) is 18.3 Å². The van der Waals surface area contributed by atoms with Gasteiger partial charge in [0.1, 0.15) is 5.65 Å². The average molecular weight is 424 g/mol. The maximum absolute atomic E-state index is 12.1. The molecule has 0 radical (unpaired) electrons. The van der Waals surface area contributed by atoms with Gasteiger partial charge in [-0.15, -0.1) is 0 Å². The Kier molecular flexibility index (Phi) is 5.44. The second-order valence-corrected chi connectivity index (χ2v) is 7.29. The summed E-state index contributed by atoms with van der Waals surface area (Å²) in [7, 11) is 1.30. The number of amides is 1. The summed E-state index contributed by atoms with van der Waals surface area (Å²) >= 11 is 0. The molecule has 158 valence electrons. The number of methoxy groups -OCH3 is 1. The lowest BCUT2D eigenvalue weighted by molar-refractivity contribution is -0.114. The predicted molar refractivity (Wildman–Crippen MR) is 121 cm³/mol. The van der Waals surface area contributed by atoms with Gasteiger partial charge in [-0.25, -0.2) is 9.78 Å². The Bertz CT molecular complexity index is 1400. The van der Waals surface area contributed by atoms with Crippen LogP contribution in [0.4, 0.5) is 5.69 Å². The van der Waals surface area contributed by atoms with Gasteiger partial charge in [0, 0.05) is 23.7 Å². The first kappa shape index (κ1) is 20.8. The maximum atomic E-state index is 12.1. The van der Waals surface area contributed by atoms with Gasteiger partial charge in [0.15, 0.2) is 0 Å². The summed E-state index contributed by atoms with van der Waals surface area (Å²) in [5.41, 5.74) is 6.60. The Balaban J connectivity index is 1.86. The summed E-state index contributed by atoms with van der Waals surface area (Å²) in [6.45, 7) is 3.38. The number of pyridine rings is 1. The summed E-state index contributed by atoms with van der Waals surface area (Å²) < 4.78 is 6.88. The fraction of sp³-hybridized carbons (Fsp3) is 0.120. The second kappa shape index (κ2) is 8.36. The number of ether oxygens (including phenoxy) is 1. The molecule has 4 aromatic rings. The van der Waals surface area contributed by atoms with Crippen molar-refractivity contribution >= 4 is 23.2 Å². The van der Waals surface area contributed by atoms with Gasteiger partial charge in [-0.05, 0) is 48.9 Å². The Morgan fingerprint density at radius 3 is 2.44 bits per heavy atom. The molecule has 0 saturated heterocycles. The van der Waals surface area contributed by atoms with Crippen LogP contribution in [0.2, 0.25) is 0 Å². The molecule has 0 saturated carbocycles. The molecule has 4 rings (SSSR count). The first-order valence-electron chi connectivity index (χ1n) is 9.91. The van der Waals surface area contributed by atoms with Gasteiger partial charge in [-0.3, -0.25) is 9.20 Å². The number of fused-ring (bicyclic) bond motifs is 1. The van der Waals surface area contributed by atoms with Crippen molar-refractivity contribution in [2.24, 2.45) is 0 Å². The van der Waals surface area contributed by atoms with Crippen LogP contribution >= 0.6 is 0 Å². The molecule has 2 aromatic carbocycles. The van der Waals surface area contributed by atoms with Crippen LogP contribution in [0.5, 0.6) is 0 Å². The van der Waals surface area contributed by atoms with E-state index in [4.69, 9.17) is 10.00 Å². The molecule has 0 aliphatic carbocycles. The van der Waals surface area contributed by atoms with E-state index in [2.05, 4.69) is 16.4 Å². The number of anilines is 1. The molecule has 7 heteroatoms. The topological polar surface area (TPSA) is 96.5 Å². The number of esters is 1. The number of benzene rings is 2. The lowest BCUT2D eigenvalue weighted by Gasteiger charge is -2.14. The van der Waals surface area contributed by atoms with Crippen molar-refractivity contribution < 1.29 is 14.3 Å². The molecule has 1 amide bonds. The normalized spacial score (nSPS) is 10.6. The number of nitrogens with zero attached hydrogens (tertiary/aromatic N) is 3. The van der Waals surface area contributed by atoms with E-state index in [0.29, 0.717) is 11.3 Å². The molecular weight excluding hydrogens is 404 g/mol. The van der Waals surface area contributed by atoms with Crippen LogP contribution in [0.1, 0.15) is 28.5 Å². The number of carbonyl (C=O) groups excluding carboxylic acids is 2. The third-order valence-corrected chi connectivity index (χ3v) is 5.27. The maximum Gasteiger partial charge on any atom is 0.339 e. The van der Waals surface area contributed by atoms with Crippen molar-refractivity contribution in [3.8, 4) is 28.5 Å². The van der Waals surface area contributed by atoms with Gasteiger partial charge in [-0.2, -0.15) is 5.26 Å². The van der Waals surface area contributed by atoms with Crippen LogP contribution in [0.25, 0.3) is 28.0 Å². The molecule has 0 atom stereocenters. The van der Waals surface area contributed by atoms with Gasteiger partial charge in [0.25, 0.3) is 0 Å². The Morgan fingerprint density at radius 1 is 1.06 bits per heavy atom. The molecule has 1 N–H and O–H groups in total. The Labute approximate surface area is 184 Å². The highest BCUT2D eigenvalue weighted by Gasteiger charge is 2.17. The highest BCUT2D eigenvalue weighted by Crippen LogP contribution is 2.32. The lowest BCUT2D eigenvalue weighted by Crippen LogP contribution is -2.12. The number of carbonyl (C=O) groups is 2. The molecule has 7 nitrogen and oxygen atoms in total. The zero-order chi connectivity index (χ0) is 22.8. The minimum Gasteiger partial charge on any atom is -0.465 e. The largest absolute Gasteiger partial charge is 0.465 e. The highest BCUT2D eigenvalue weighted by molar-refractivity contribution is 6.01. The Hall–Kier alpha value is -4.44. The predicted octanol–water partition coefficient (Wildman–Crippen LogP) is 4.59. The third-order valence-electron chi connectivity index (χ3n) is 5.27. The monoisotopic (exact) mass is 424 g/mol. The summed E-state index contributed by atoms with van der Waals surface area (Å²) in [6, 6.07) is 18.6. The van der Waals surface area contributed by atoms with Crippen molar-refractivity contribution in [1.82, 2.24) is 9.38 Å². The van der Waals surface area contributed by atoms with Crippen LogP contribution in [0.3, 0.4) is 0 Å². The van der Waals surface area contributed by atoms with Crippen molar-refractivity contribution in [3.05, 3.63) is 77.6 Å². The minimum atomic E-state index is -0.523. The van der Waals surface area contributed by atoms with Gasteiger partial charge in [0.2, 0.25) is 5.91 Å². The Morgan fingerprint density at radius 2 is 1.78 bits per heavy atom. The summed E-state index contributed by atoms with van der Waals surface area (Å²) in [5.74, 6) is -0.803. The third kappa shape index (κ3) is 3.70. The van der Waals surface area contributed by atoms with Crippen LogP contribution in [0.15, 0.2) is 60.8 Å². The quantitative estimate of drug-likeness (QED) is 0.483. The average Bonchev–Trinajstić information content (AvgIpc) is 3.23. The van der Waals surface area contributed by atoms with E-state index in [-0.39, 0.29) is 11.5 Å². The van der Waals surface area contributed by atoms with Gasteiger partial charge in [0.05, 0.1) is 41.9 Å². The first-order valence-corrected chi connectivity index (χ1v) is 9.91. The van der Waals surface area contributed by atoms with Crippen LogP contribution in [-0.2, 0) is 9.53 Å². The minimum absolute atomic E-state index is 0.280. The van der Waals surface area contributed by atoms with Crippen LogP contribution < -0.4 is 5.32 Å².